The quantitative estimate of drug-likeness (QED) is 0.893. The lowest BCUT2D eigenvalue weighted by Crippen LogP contribution is -2.53. The second-order valence-corrected chi connectivity index (χ2v) is 8.13. The highest BCUT2D eigenvalue weighted by Crippen LogP contribution is 2.31. The van der Waals surface area contributed by atoms with Crippen LogP contribution in [-0.2, 0) is 14.6 Å². The Morgan fingerprint density at radius 1 is 1.43 bits per heavy atom. The average molecular weight is 310 g/mol. The highest BCUT2D eigenvalue weighted by Gasteiger charge is 2.37. The Bertz CT molecular complexity index is 642. The molecule has 116 valence electrons. The predicted octanol–water partition coefficient (Wildman–Crippen LogP) is 1.94. The number of anilines is 1. The van der Waals surface area contributed by atoms with Crippen LogP contribution in [0.2, 0.25) is 0 Å². The van der Waals surface area contributed by atoms with Gasteiger partial charge in [-0.3, -0.25) is 4.79 Å². The molecule has 0 saturated heterocycles. The number of carbonyl (C=O) groups is 1. The molecule has 0 spiro atoms. The molecule has 0 aromatic heterocycles. The molecule has 0 aliphatic heterocycles. The molecular formula is C15H22N2O3S. The minimum Gasteiger partial charge on any atom is -0.324 e. The molecule has 2 atom stereocenters. The van der Waals surface area contributed by atoms with Crippen LogP contribution in [-0.4, -0.2) is 26.1 Å². The van der Waals surface area contributed by atoms with Crippen molar-refractivity contribution in [3.05, 3.63) is 24.3 Å². The van der Waals surface area contributed by atoms with Crippen molar-refractivity contribution in [3.8, 4) is 0 Å². The molecule has 1 aromatic carbocycles. The van der Waals surface area contributed by atoms with Gasteiger partial charge in [-0.15, -0.1) is 0 Å². The lowest BCUT2D eigenvalue weighted by Gasteiger charge is -2.35. The zero-order valence-electron chi connectivity index (χ0n) is 12.4. The number of benzene rings is 1. The van der Waals surface area contributed by atoms with E-state index in [4.69, 9.17) is 5.73 Å². The van der Waals surface area contributed by atoms with E-state index in [1.54, 1.807) is 12.1 Å². The molecule has 1 fully saturated rings. The molecule has 6 heteroatoms. The van der Waals surface area contributed by atoms with Gasteiger partial charge in [-0.25, -0.2) is 8.42 Å². The van der Waals surface area contributed by atoms with E-state index in [0.717, 1.165) is 19.1 Å². The van der Waals surface area contributed by atoms with Crippen LogP contribution in [0.25, 0.3) is 0 Å². The summed E-state index contributed by atoms with van der Waals surface area (Å²) in [5.41, 5.74) is 5.84. The maximum absolute atomic E-state index is 12.4. The largest absolute Gasteiger partial charge is 0.324 e. The lowest BCUT2D eigenvalue weighted by atomic mass is 9.76. The van der Waals surface area contributed by atoms with Crippen LogP contribution in [0.15, 0.2) is 29.2 Å². The number of carbonyl (C=O) groups excluding carboxylic acids is 1. The second-order valence-electron chi connectivity index (χ2n) is 6.11. The molecular weight excluding hydrogens is 288 g/mol. The molecule has 0 bridgehead atoms. The van der Waals surface area contributed by atoms with Crippen LogP contribution >= 0.6 is 0 Å². The van der Waals surface area contributed by atoms with Gasteiger partial charge in [-0.2, -0.15) is 0 Å². The zero-order chi connectivity index (χ0) is 15.7. The van der Waals surface area contributed by atoms with Gasteiger partial charge in [0, 0.05) is 11.9 Å². The highest BCUT2D eigenvalue weighted by molar-refractivity contribution is 7.90. The Morgan fingerprint density at radius 3 is 2.76 bits per heavy atom. The third kappa shape index (κ3) is 3.83. The van der Waals surface area contributed by atoms with Crippen LogP contribution in [0.4, 0.5) is 5.69 Å². The van der Waals surface area contributed by atoms with Crippen LogP contribution in [0.5, 0.6) is 0 Å². The van der Waals surface area contributed by atoms with E-state index >= 15 is 0 Å². The first kappa shape index (κ1) is 16.0. The van der Waals surface area contributed by atoms with Gasteiger partial charge in [-0.05, 0) is 37.0 Å². The van der Waals surface area contributed by atoms with Gasteiger partial charge >= 0.3 is 0 Å². The molecule has 21 heavy (non-hydrogen) atoms. The van der Waals surface area contributed by atoms with Gasteiger partial charge in [-0.1, -0.05) is 25.8 Å². The normalized spacial score (nSPS) is 26.3. The maximum atomic E-state index is 12.4. The highest BCUT2D eigenvalue weighted by atomic mass is 32.2. The number of hydrogen-bond donors (Lipinski definition) is 2. The van der Waals surface area contributed by atoms with Gasteiger partial charge in [0.1, 0.15) is 0 Å². The fourth-order valence-corrected chi connectivity index (χ4v) is 3.53. The van der Waals surface area contributed by atoms with E-state index in [2.05, 4.69) is 12.2 Å². The summed E-state index contributed by atoms with van der Waals surface area (Å²) in [6.45, 7) is 2.10. The van der Waals surface area contributed by atoms with Gasteiger partial charge in [0.05, 0.1) is 10.4 Å². The SMILES string of the molecule is CC1CCCC(N)(C(=O)Nc2cccc(S(C)(=O)=O)c2)C1. The first-order valence-corrected chi connectivity index (χ1v) is 9.00. The Morgan fingerprint density at radius 2 is 2.14 bits per heavy atom. The monoisotopic (exact) mass is 310 g/mol. The Balaban J connectivity index is 2.16. The average Bonchev–Trinajstić information content (AvgIpc) is 2.37. The fraction of sp³-hybridized carbons (Fsp3) is 0.533. The van der Waals surface area contributed by atoms with Crippen LogP contribution < -0.4 is 11.1 Å². The molecule has 1 aliphatic rings. The van der Waals surface area contributed by atoms with E-state index in [1.165, 1.54) is 12.1 Å². The van der Waals surface area contributed by atoms with E-state index < -0.39 is 15.4 Å². The summed E-state index contributed by atoms with van der Waals surface area (Å²) in [4.78, 5) is 12.6. The van der Waals surface area contributed by atoms with Crippen molar-refractivity contribution in [2.75, 3.05) is 11.6 Å². The molecule has 2 rings (SSSR count). The Hall–Kier alpha value is -1.40. The zero-order valence-corrected chi connectivity index (χ0v) is 13.2. The molecule has 1 amide bonds. The van der Waals surface area contributed by atoms with Crippen molar-refractivity contribution in [3.63, 3.8) is 0 Å². The first-order chi connectivity index (χ1) is 9.71. The van der Waals surface area contributed by atoms with Gasteiger partial charge in [0.15, 0.2) is 9.84 Å². The third-order valence-electron chi connectivity index (χ3n) is 4.00. The number of nitrogens with two attached hydrogens (primary N) is 1. The number of hydrogen-bond acceptors (Lipinski definition) is 4. The van der Waals surface area contributed by atoms with Crippen LogP contribution in [0.3, 0.4) is 0 Å². The van der Waals surface area contributed by atoms with E-state index in [0.29, 0.717) is 24.4 Å². The van der Waals surface area contributed by atoms with E-state index in [-0.39, 0.29) is 10.8 Å². The fourth-order valence-electron chi connectivity index (χ4n) is 2.86. The van der Waals surface area contributed by atoms with Crippen molar-refractivity contribution >= 4 is 21.4 Å². The molecule has 1 saturated carbocycles. The second kappa shape index (κ2) is 5.77. The van der Waals surface area contributed by atoms with Crippen molar-refractivity contribution in [1.29, 1.82) is 0 Å². The standard InChI is InChI=1S/C15H22N2O3S/c1-11-5-4-8-15(16,10-11)14(18)17-12-6-3-7-13(9-12)21(2,19)20/h3,6-7,9,11H,4-5,8,10,16H2,1-2H3,(H,17,18). The molecule has 5 nitrogen and oxygen atoms in total. The molecule has 3 N–H and O–H groups in total. The van der Waals surface area contributed by atoms with Crippen molar-refractivity contribution in [2.45, 2.75) is 43.0 Å². The molecule has 1 aliphatic carbocycles. The predicted molar refractivity (Wildman–Crippen MR) is 82.7 cm³/mol. The van der Waals surface area contributed by atoms with Gasteiger partial charge < -0.3 is 11.1 Å². The number of nitrogens with one attached hydrogen (secondary N) is 1. The number of sulfone groups is 1. The van der Waals surface area contributed by atoms with Crippen LogP contribution in [0, 0.1) is 5.92 Å². The summed E-state index contributed by atoms with van der Waals surface area (Å²) in [7, 11) is -3.29. The van der Waals surface area contributed by atoms with E-state index in [1.807, 2.05) is 0 Å². The summed E-state index contributed by atoms with van der Waals surface area (Å²) in [5.74, 6) is 0.191. The summed E-state index contributed by atoms with van der Waals surface area (Å²) >= 11 is 0. The summed E-state index contributed by atoms with van der Waals surface area (Å²) in [5, 5.41) is 2.76. The van der Waals surface area contributed by atoms with Gasteiger partial charge in [0.25, 0.3) is 0 Å². The maximum Gasteiger partial charge on any atom is 0.244 e. The minimum atomic E-state index is -3.29. The minimum absolute atomic E-state index is 0.184. The molecule has 1 aromatic rings. The summed E-state index contributed by atoms with van der Waals surface area (Å²) in [6, 6.07) is 6.25. The summed E-state index contributed by atoms with van der Waals surface area (Å²) < 4.78 is 23.1. The summed E-state index contributed by atoms with van der Waals surface area (Å²) in [6.07, 6.45) is 4.49. The molecule has 0 heterocycles. The van der Waals surface area contributed by atoms with Crippen molar-refractivity contribution < 1.29 is 13.2 Å². The van der Waals surface area contributed by atoms with Gasteiger partial charge in [0.2, 0.25) is 5.91 Å². The molecule has 2 unspecified atom stereocenters. The lowest BCUT2D eigenvalue weighted by molar-refractivity contribution is -0.122. The van der Waals surface area contributed by atoms with Crippen molar-refractivity contribution in [1.82, 2.24) is 0 Å². The number of amides is 1. The Kier molecular flexibility index (Phi) is 4.39. The van der Waals surface area contributed by atoms with Crippen molar-refractivity contribution in [2.24, 2.45) is 11.7 Å². The topological polar surface area (TPSA) is 89.3 Å². The number of rotatable bonds is 3. The molecule has 0 radical (unpaired) electrons. The van der Waals surface area contributed by atoms with Crippen LogP contribution in [0.1, 0.15) is 32.6 Å². The third-order valence-corrected chi connectivity index (χ3v) is 5.12. The Labute approximate surface area is 125 Å². The van der Waals surface area contributed by atoms with E-state index in [9.17, 15) is 13.2 Å². The first-order valence-electron chi connectivity index (χ1n) is 7.11. The smallest absolute Gasteiger partial charge is 0.244 e.